The highest BCUT2D eigenvalue weighted by molar-refractivity contribution is 5.73. The second-order valence-electron chi connectivity index (χ2n) is 5.11. The van der Waals surface area contributed by atoms with Gasteiger partial charge in [-0.25, -0.2) is 4.68 Å². The number of rotatable bonds is 2. The summed E-state index contributed by atoms with van der Waals surface area (Å²) in [6.45, 7) is 2.00. The summed E-state index contributed by atoms with van der Waals surface area (Å²) in [7, 11) is 1.85. The molecule has 4 nitrogen and oxygen atoms in total. The van der Waals surface area contributed by atoms with Gasteiger partial charge < -0.3 is 5.73 Å². The zero-order valence-corrected chi connectivity index (χ0v) is 12.1. The van der Waals surface area contributed by atoms with Gasteiger partial charge in [0, 0.05) is 12.6 Å². The van der Waals surface area contributed by atoms with Crippen molar-refractivity contribution in [1.82, 2.24) is 9.36 Å². The van der Waals surface area contributed by atoms with Gasteiger partial charge in [-0.05, 0) is 24.6 Å². The molecule has 0 aliphatic heterocycles. The van der Waals surface area contributed by atoms with Crippen molar-refractivity contribution in [1.29, 1.82) is 0 Å². The Morgan fingerprint density at radius 1 is 1.00 bits per heavy atom. The maximum atomic E-state index is 12.5. The van der Waals surface area contributed by atoms with Crippen LogP contribution < -0.4 is 11.3 Å². The fraction of sp³-hybridized carbons (Fsp3) is 0.118. The van der Waals surface area contributed by atoms with E-state index in [2.05, 4.69) is 0 Å². The molecule has 2 aromatic carbocycles. The Kier molecular flexibility index (Phi) is 3.14. The lowest BCUT2D eigenvalue weighted by Gasteiger charge is -2.10. The van der Waals surface area contributed by atoms with Gasteiger partial charge in [-0.2, -0.15) is 0 Å². The number of aromatic nitrogens is 2. The Bertz CT molecular complexity index is 844. The molecule has 2 N–H and O–H groups in total. The first kappa shape index (κ1) is 13.2. The summed E-state index contributed by atoms with van der Waals surface area (Å²) in [6, 6.07) is 17.5. The van der Waals surface area contributed by atoms with Gasteiger partial charge in [-0.15, -0.1) is 0 Å². The van der Waals surface area contributed by atoms with Crippen LogP contribution in [0.4, 0.5) is 5.69 Å². The number of nitrogens with zero attached hydrogens (tertiary/aromatic N) is 2. The molecule has 1 aromatic heterocycles. The molecule has 0 spiro atoms. The first-order chi connectivity index (χ1) is 10.1. The average molecular weight is 279 g/mol. The summed E-state index contributed by atoms with van der Waals surface area (Å²) in [5.41, 5.74) is 9.72. The smallest absolute Gasteiger partial charge is 0.295 e. The molecular formula is C17H17N3O. The molecular weight excluding hydrogens is 262 g/mol. The third-order valence-corrected chi connectivity index (χ3v) is 3.59. The van der Waals surface area contributed by atoms with Crippen molar-refractivity contribution in [2.24, 2.45) is 7.05 Å². The predicted octanol–water partition coefficient (Wildman–Crippen LogP) is 2.73. The van der Waals surface area contributed by atoms with Crippen molar-refractivity contribution < 1.29 is 0 Å². The van der Waals surface area contributed by atoms with Crippen molar-refractivity contribution in [2.75, 3.05) is 5.73 Å². The Morgan fingerprint density at radius 3 is 2.38 bits per heavy atom. The number of hydrogen-bond donors (Lipinski definition) is 1. The Morgan fingerprint density at radius 2 is 1.71 bits per heavy atom. The second-order valence-corrected chi connectivity index (χ2v) is 5.11. The minimum Gasteiger partial charge on any atom is -0.392 e. The van der Waals surface area contributed by atoms with E-state index >= 15 is 0 Å². The van der Waals surface area contributed by atoms with E-state index in [9.17, 15) is 4.79 Å². The van der Waals surface area contributed by atoms with E-state index in [4.69, 9.17) is 5.73 Å². The summed E-state index contributed by atoms with van der Waals surface area (Å²) in [5, 5.41) is 0. The van der Waals surface area contributed by atoms with E-state index in [0.717, 1.165) is 22.5 Å². The van der Waals surface area contributed by atoms with Crippen LogP contribution in [0.5, 0.6) is 0 Å². The highest BCUT2D eigenvalue weighted by atomic mass is 16.1. The van der Waals surface area contributed by atoms with Crippen molar-refractivity contribution in [3.63, 3.8) is 0 Å². The van der Waals surface area contributed by atoms with Crippen LogP contribution >= 0.6 is 0 Å². The molecule has 0 saturated heterocycles. The fourth-order valence-electron chi connectivity index (χ4n) is 2.61. The third kappa shape index (κ3) is 2.14. The van der Waals surface area contributed by atoms with Gasteiger partial charge >= 0.3 is 0 Å². The van der Waals surface area contributed by atoms with Crippen LogP contribution in [0.1, 0.15) is 5.56 Å². The van der Waals surface area contributed by atoms with Crippen molar-refractivity contribution in [3.8, 4) is 16.9 Å². The zero-order valence-electron chi connectivity index (χ0n) is 12.1. The molecule has 106 valence electrons. The van der Waals surface area contributed by atoms with Gasteiger partial charge in [0.1, 0.15) is 5.69 Å². The first-order valence-corrected chi connectivity index (χ1v) is 6.79. The first-order valence-electron chi connectivity index (χ1n) is 6.79. The Labute approximate surface area is 123 Å². The standard InChI is InChI=1S/C17H17N3O/c1-12-7-6-10-14(11-12)20-17(21)15(18)16(19(20)2)13-8-4-3-5-9-13/h3-11H,18H2,1-2H3. The molecule has 0 bridgehead atoms. The molecule has 0 aliphatic carbocycles. The Balaban J connectivity index is 2.28. The summed E-state index contributed by atoms with van der Waals surface area (Å²) in [6.07, 6.45) is 0. The van der Waals surface area contributed by atoms with Crippen LogP contribution in [0.25, 0.3) is 16.9 Å². The van der Waals surface area contributed by atoms with Gasteiger partial charge in [-0.1, -0.05) is 42.5 Å². The highest BCUT2D eigenvalue weighted by Crippen LogP contribution is 2.24. The lowest BCUT2D eigenvalue weighted by Crippen LogP contribution is -2.20. The van der Waals surface area contributed by atoms with Crippen LogP contribution in [0, 0.1) is 6.92 Å². The summed E-state index contributed by atoms with van der Waals surface area (Å²) < 4.78 is 3.41. The molecule has 0 amide bonds. The van der Waals surface area contributed by atoms with E-state index < -0.39 is 0 Å². The maximum Gasteiger partial charge on any atom is 0.295 e. The molecule has 0 saturated carbocycles. The number of nitrogen functional groups attached to an aromatic ring is 1. The number of nitrogens with two attached hydrogens (primary N) is 1. The number of hydrogen-bond acceptors (Lipinski definition) is 2. The molecule has 3 aromatic rings. The van der Waals surface area contributed by atoms with E-state index in [1.54, 1.807) is 4.68 Å². The molecule has 0 aliphatic rings. The van der Waals surface area contributed by atoms with Gasteiger partial charge in [-0.3, -0.25) is 9.48 Å². The highest BCUT2D eigenvalue weighted by Gasteiger charge is 2.17. The molecule has 3 rings (SSSR count). The average Bonchev–Trinajstić information content (AvgIpc) is 2.70. The molecule has 0 radical (unpaired) electrons. The van der Waals surface area contributed by atoms with Gasteiger partial charge in [0.05, 0.1) is 11.4 Å². The Hall–Kier alpha value is -2.75. The third-order valence-electron chi connectivity index (χ3n) is 3.59. The number of benzene rings is 2. The predicted molar refractivity (Wildman–Crippen MR) is 85.6 cm³/mol. The SMILES string of the molecule is Cc1cccc(-n2c(=O)c(N)c(-c3ccccc3)n2C)c1. The van der Waals surface area contributed by atoms with Crippen LogP contribution in [0.15, 0.2) is 59.4 Å². The summed E-state index contributed by atoms with van der Waals surface area (Å²) in [5.74, 6) is 0. The van der Waals surface area contributed by atoms with Crippen LogP contribution in [0.2, 0.25) is 0 Å². The number of aryl methyl sites for hydroxylation is 1. The summed E-state index contributed by atoms with van der Waals surface area (Å²) >= 11 is 0. The van der Waals surface area contributed by atoms with Gasteiger partial charge in [0.15, 0.2) is 0 Å². The van der Waals surface area contributed by atoms with Crippen molar-refractivity contribution in [3.05, 3.63) is 70.5 Å². The minimum atomic E-state index is -0.193. The lowest BCUT2D eigenvalue weighted by molar-refractivity contribution is 0.652. The van der Waals surface area contributed by atoms with Crippen molar-refractivity contribution >= 4 is 5.69 Å². The van der Waals surface area contributed by atoms with Gasteiger partial charge in [0.2, 0.25) is 0 Å². The molecule has 0 atom stereocenters. The van der Waals surface area contributed by atoms with E-state index in [1.807, 2.05) is 73.3 Å². The quantitative estimate of drug-likeness (QED) is 0.784. The zero-order chi connectivity index (χ0) is 15.0. The maximum absolute atomic E-state index is 12.5. The largest absolute Gasteiger partial charge is 0.392 e. The van der Waals surface area contributed by atoms with Crippen LogP contribution in [0.3, 0.4) is 0 Å². The van der Waals surface area contributed by atoms with E-state index in [-0.39, 0.29) is 11.2 Å². The molecule has 0 fully saturated rings. The topological polar surface area (TPSA) is 52.9 Å². The number of anilines is 1. The molecule has 21 heavy (non-hydrogen) atoms. The van der Waals surface area contributed by atoms with Crippen molar-refractivity contribution in [2.45, 2.75) is 6.92 Å². The van der Waals surface area contributed by atoms with Crippen LogP contribution in [-0.2, 0) is 7.05 Å². The monoisotopic (exact) mass is 279 g/mol. The minimum absolute atomic E-state index is 0.193. The molecule has 0 unspecified atom stereocenters. The van der Waals surface area contributed by atoms with E-state index in [0.29, 0.717) is 0 Å². The van der Waals surface area contributed by atoms with Gasteiger partial charge in [0.25, 0.3) is 5.56 Å². The fourth-order valence-corrected chi connectivity index (χ4v) is 2.61. The van der Waals surface area contributed by atoms with E-state index in [1.165, 1.54) is 0 Å². The van der Waals surface area contributed by atoms with Crippen LogP contribution in [-0.4, -0.2) is 9.36 Å². The molecule has 1 heterocycles. The molecule has 4 heteroatoms. The lowest BCUT2D eigenvalue weighted by atomic mass is 10.1. The second kappa shape index (κ2) is 4.98. The summed E-state index contributed by atoms with van der Waals surface area (Å²) in [4.78, 5) is 12.5. The normalized spacial score (nSPS) is 10.8.